The normalized spacial score (nSPS) is 18.5. The Hall–Kier alpha value is -1.26. The van der Waals surface area contributed by atoms with E-state index in [4.69, 9.17) is 9.47 Å². The molecule has 0 spiro atoms. The zero-order valence-corrected chi connectivity index (χ0v) is 12.8. The van der Waals surface area contributed by atoms with Gasteiger partial charge < -0.3 is 14.8 Å². The third-order valence-electron chi connectivity index (χ3n) is 3.92. The van der Waals surface area contributed by atoms with Crippen LogP contribution in [-0.2, 0) is 6.54 Å². The van der Waals surface area contributed by atoms with Gasteiger partial charge in [0.1, 0.15) is 0 Å². The Morgan fingerprint density at radius 2 is 2.15 bits per heavy atom. The predicted octanol–water partition coefficient (Wildman–Crippen LogP) is 2.28. The van der Waals surface area contributed by atoms with Gasteiger partial charge in [-0.1, -0.05) is 19.1 Å². The van der Waals surface area contributed by atoms with Gasteiger partial charge in [-0.25, -0.2) is 0 Å². The van der Waals surface area contributed by atoms with E-state index in [2.05, 4.69) is 23.2 Å². The van der Waals surface area contributed by atoms with Crippen LogP contribution in [0, 0.1) is 0 Å². The minimum absolute atomic E-state index is 0.630. The molecule has 0 bridgehead atoms. The lowest BCUT2D eigenvalue weighted by Crippen LogP contribution is -2.37. The highest BCUT2D eigenvalue weighted by Gasteiger charge is 2.23. The SMILES string of the molecule is CCCN(Cc1cccc(OC)c1OC)C1CCNC1. The summed E-state index contributed by atoms with van der Waals surface area (Å²) in [6, 6.07) is 6.75. The molecule has 1 aromatic carbocycles. The summed E-state index contributed by atoms with van der Waals surface area (Å²) < 4.78 is 10.9. The molecule has 1 unspecified atom stereocenters. The van der Waals surface area contributed by atoms with E-state index in [0.29, 0.717) is 6.04 Å². The molecule has 1 N–H and O–H groups in total. The zero-order chi connectivity index (χ0) is 14.4. The Labute approximate surface area is 122 Å². The van der Waals surface area contributed by atoms with Crippen LogP contribution in [0.5, 0.6) is 11.5 Å². The molecular formula is C16H26N2O2. The lowest BCUT2D eigenvalue weighted by molar-refractivity contribution is 0.196. The molecule has 1 saturated heterocycles. The van der Waals surface area contributed by atoms with Gasteiger partial charge in [0.05, 0.1) is 14.2 Å². The second-order valence-electron chi connectivity index (χ2n) is 5.27. The fourth-order valence-electron chi connectivity index (χ4n) is 2.93. The molecule has 1 aliphatic heterocycles. The molecule has 1 aromatic rings. The van der Waals surface area contributed by atoms with Crippen LogP contribution in [0.2, 0.25) is 0 Å². The van der Waals surface area contributed by atoms with Gasteiger partial charge in [0.2, 0.25) is 0 Å². The van der Waals surface area contributed by atoms with Crippen molar-refractivity contribution in [2.24, 2.45) is 0 Å². The van der Waals surface area contributed by atoms with Crippen LogP contribution in [0.15, 0.2) is 18.2 Å². The number of hydrogen-bond acceptors (Lipinski definition) is 4. The van der Waals surface area contributed by atoms with Crippen molar-refractivity contribution in [2.45, 2.75) is 32.4 Å². The highest BCUT2D eigenvalue weighted by Crippen LogP contribution is 2.32. The molecule has 112 valence electrons. The number of methoxy groups -OCH3 is 2. The van der Waals surface area contributed by atoms with Crippen LogP contribution < -0.4 is 14.8 Å². The monoisotopic (exact) mass is 278 g/mol. The lowest BCUT2D eigenvalue weighted by atomic mass is 10.1. The van der Waals surface area contributed by atoms with E-state index in [1.165, 1.54) is 18.4 Å². The second kappa shape index (κ2) is 7.50. The zero-order valence-electron chi connectivity index (χ0n) is 12.8. The van der Waals surface area contributed by atoms with E-state index in [-0.39, 0.29) is 0 Å². The first-order valence-corrected chi connectivity index (χ1v) is 7.44. The first kappa shape index (κ1) is 15.1. The number of benzene rings is 1. The van der Waals surface area contributed by atoms with Crippen molar-refractivity contribution >= 4 is 0 Å². The summed E-state index contributed by atoms with van der Waals surface area (Å²) in [4.78, 5) is 2.55. The van der Waals surface area contributed by atoms with Crippen molar-refractivity contribution in [1.82, 2.24) is 10.2 Å². The van der Waals surface area contributed by atoms with E-state index in [0.717, 1.165) is 37.7 Å². The molecule has 1 aliphatic rings. The molecule has 0 aromatic heterocycles. The minimum Gasteiger partial charge on any atom is -0.493 e. The van der Waals surface area contributed by atoms with Crippen LogP contribution in [0.3, 0.4) is 0 Å². The summed E-state index contributed by atoms with van der Waals surface area (Å²) in [5, 5.41) is 3.45. The molecule has 0 radical (unpaired) electrons. The molecule has 1 atom stereocenters. The maximum absolute atomic E-state index is 5.54. The van der Waals surface area contributed by atoms with Crippen LogP contribution in [-0.4, -0.2) is 44.8 Å². The first-order chi connectivity index (χ1) is 9.80. The number of nitrogens with one attached hydrogen (secondary N) is 1. The van der Waals surface area contributed by atoms with Crippen LogP contribution in [0.4, 0.5) is 0 Å². The molecular weight excluding hydrogens is 252 g/mol. The number of rotatable bonds is 7. The number of para-hydroxylation sites is 1. The van der Waals surface area contributed by atoms with Crippen LogP contribution in [0.25, 0.3) is 0 Å². The van der Waals surface area contributed by atoms with Gasteiger partial charge >= 0.3 is 0 Å². The van der Waals surface area contributed by atoms with Gasteiger partial charge in [0, 0.05) is 24.7 Å². The van der Waals surface area contributed by atoms with Crippen molar-refractivity contribution < 1.29 is 9.47 Å². The summed E-state index contributed by atoms with van der Waals surface area (Å²) in [6.07, 6.45) is 2.40. The van der Waals surface area contributed by atoms with E-state index in [1.54, 1.807) is 14.2 Å². The Balaban J connectivity index is 2.17. The van der Waals surface area contributed by atoms with Crippen molar-refractivity contribution in [2.75, 3.05) is 33.9 Å². The maximum Gasteiger partial charge on any atom is 0.165 e. The quantitative estimate of drug-likeness (QED) is 0.829. The average Bonchev–Trinajstić information content (AvgIpc) is 3.00. The fourth-order valence-corrected chi connectivity index (χ4v) is 2.93. The van der Waals surface area contributed by atoms with Crippen LogP contribution >= 0.6 is 0 Å². The molecule has 1 fully saturated rings. The second-order valence-corrected chi connectivity index (χ2v) is 5.27. The first-order valence-electron chi connectivity index (χ1n) is 7.44. The largest absolute Gasteiger partial charge is 0.493 e. The average molecular weight is 278 g/mol. The smallest absolute Gasteiger partial charge is 0.165 e. The number of nitrogens with zero attached hydrogens (tertiary/aromatic N) is 1. The summed E-state index contributed by atoms with van der Waals surface area (Å²) >= 11 is 0. The van der Waals surface area contributed by atoms with E-state index in [1.807, 2.05) is 12.1 Å². The van der Waals surface area contributed by atoms with Crippen molar-refractivity contribution in [3.8, 4) is 11.5 Å². The minimum atomic E-state index is 0.630. The number of ether oxygens (including phenoxy) is 2. The molecule has 0 aliphatic carbocycles. The standard InChI is InChI=1S/C16H26N2O2/c1-4-10-18(14-8-9-17-11-14)12-13-6-5-7-15(19-2)16(13)20-3/h5-7,14,17H,4,8-12H2,1-3H3. The molecule has 4 heteroatoms. The van der Waals surface area contributed by atoms with E-state index in [9.17, 15) is 0 Å². The Kier molecular flexibility index (Phi) is 5.68. The van der Waals surface area contributed by atoms with Gasteiger partial charge in [0.25, 0.3) is 0 Å². The Morgan fingerprint density at radius 3 is 2.75 bits per heavy atom. The van der Waals surface area contributed by atoms with Crippen molar-refractivity contribution in [3.05, 3.63) is 23.8 Å². The number of hydrogen-bond donors (Lipinski definition) is 1. The van der Waals surface area contributed by atoms with Crippen molar-refractivity contribution in [1.29, 1.82) is 0 Å². The molecule has 1 heterocycles. The summed E-state index contributed by atoms with van der Waals surface area (Å²) in [5.74, 6) is 1.67. The molecule has 0 saturated carbocycles. The van der Waals surface area contributed by atoms with Gasteiger partial charge in [-0.2, -0.15) is 0 Å². The summed E-state index contributed by atoms with van der Waals surface area (Å²) in [5.41, 5.74) is 1.20. The molecule has 0 amide bonds. The fraction of sp³-hybridized carbons (Fsp3) is 0.625. The van der Waals surface area contributed by atoms with Gasteiger partial charge in [0.15, 0.2) is 11.5 Å². The predicted molar refractivity (Wildman–Crippen MR) is 81.5 cm³/mol. The molecule has 4 nitrogen and oxygen atoms in total. The summed E-state index contributed by atoms with van der Waals surface area (Å²) in [7, 11) is 3.40. The Bertz CT molecular complexity index is 417. The highest BCUT2D eigenvalue weighted by molar-refractivity contribution is 5.46. The van der Waals surface area contributed by atoms with E-state index >= 15 is 0 Å². The van der Waals surface area contributed by atoms with Crippen LogP contribution in [0.1, 0.15) is 25.3 Å². The topological polar surface area (TPSA) is 33.7 Å². The van der Waals surface area contributed by atoms with Gasteiger partial charge in [-0.05, 0) is 32.0 Å². The highest BCUT2D eigenvalue weighted by atomic mass is 16.5. The molecule has 2 rings (SSSR count). The third kappa shape index (κ3) is 3.44. The maximum atomic E-state index is 5.54. The van der Waals surface area contributed by atoms with Crippen molar-refractivity contribution in [3.63, 3.8) is 0 Å². The lowest BCUT2D eigenvalue weighted by Gasteiger charge is -2.28. The molecule has 20 heavy (non-hydrogen) atoms. The Morgan fingerprint density at radius 1 is 1.30 bits per heavy atom. The van der Waals surface area contributed by atoms with Gasteiger partial charge in [-0.15, -0.1) is 0 Å². The van der Waals surface area contributed by atoms with Gasteiger partial charge in [-0.3, -0.25) is 4.90 Å². The summed E-state index contributed by atoms with van der Waals surface area (Å²) in [6.45, 7) is 6.48. The third-order valence-corrected chi connectivity index (χ3v) is 3.92. The van der Waals surface area contributed by atoms with E-state index < -0.39 is 0 Å².